The molecule has 1 fully saturated rings. The first-order valence-electron chi connectivity index (χ1n) is 5.46. The molecule has 0 aliphatic carbocycles. The van der Waals surface area contributed by atoms with E-state index in [9.17, 15) is 9.50 Å². The molecule has 2 N–H and O–H groups in total. The number of ether oxygens (including phenoxy) is 2. The Hall–Kier alpha value is -1.01. The van der Waals surface area contributed by atoms with E-state index in [0.29, 0.717) is 0 Å². The van der Waals surface area contributed by atoms with Gasteiger partial charge < -0.3 is 19.7 Å². The zero-order valence-corrected chi connectivity index (χ0v) is 9.20. The summed E-state index contributed by atoms with van der Waals surface area (Å²) < 4.78 is 23.7. The van der Waals surface area contributed by atoms with Gasteiger partial charge in [-0.2, -0.15) is 0 Å². The molecule has 0 bridgehead atoms. The first kappa shape index (κ1) is 12.4. The third-order valence-electron chi connectivity index (χ3n) is 2.71. The Balaban J connectivity index is 1.87. The summed E-state index contributed by atoms with van der Waals surface area (Å²) in [5.74, 6) is 0. The highest BCUT2D eigenvalue weighted by Gasteiger charge is 2.39. The molecule has 0 unspecified atom stereocenters. The SMILES string of the molecule is O[C@H]1[C@H](F)[C@H](OCc2ccccc2)CO[C@H]1O. The van der Waals surface area contributed by atoms with Crippen molar-refractivity contribution in [3.63, 3.8) is 0 Å². The maximum absolute atomic E-state index is 13.6. The summed E-state index contributed by atoms with van der Waals surface area (Å²) in [6.07, 6.45) is -5.51. The van der Waals surface area contributed by atoms with Crippen LogP contribution in [0.15, 0.2) is 30.3 Å². The predicted octanol–water partition coefficient (Wildman–Crippen LogP) is 0.619. The molecule has 1 aromatic rings. The van der Waals surface area contributed by atoms with Crippen molar-refractivity contribution >= 4 is 0 Å². The van der Waals surface area contributed by atoms with Gasteiger partial charge in [0, 0.05) is 0 Å². The lowest BCUT2D eigenvalue weighted by molar-refractivity contribution is -0.248. The fraction of sp³-hybridized carbons (Fsp3) is 0.500. The van der Waals surface area contributed by atoms with Crippen LogP contribution < -0.4 is 0 Å². The molecule has 1 aliphatic rings. The first-order chi connectivity index (χ1) is 8.18. The van der Waals surface area contributed by atoms with Crippen molar-refractivity contribution in [1.29, 1.82) is 0 Å². The molecule has 0 saturated carbocycles. The van der Waals surface area contributed by atoms with Crippen LogP contribution in [-0.2, 0) is 16.1 Å². The Morgan fingerprint density at radius 1 is 1.29 bits per heavy atom. The van der Waals surface area contributed by atoms with Gasteiger partial charge in [0.2, 0.25) is 0 Å². The van der Waals surface area contributed by atoms with Gasteiger partial charge in [-0.1, -0.05) is 30.3 Å². The number of aliphatic hydroxyl groups excluding tert-OH is 2. The molecular weight excluding hydrogens is 227 g/mol. The van der Waals surface area contributed by atoms with Crippen LogP contribution in [0.1, 0.15) is 5.56 Å². The highest BCUT2D eigenvalue weighted by molar-refractivity contribution is 5.13. The van der Waals surface area contributed by atoms with Gasteiger partial charge in [0.05, 0.1) is 13.2 Å². The van der Waals surface area contributed by atoms with Gasteiger partial charge in [-0.15, -0.1) is 0 Å². The van der Waals surface area contributed by atoms with Crippen molar-refractivity contribution in [2.24, 2.45) is 0 Å². The van der Waals surface area contributed by atoms with Gasteiger partial charge in [-0.05, 0) is 5.56 Å². The third-order valence-corrected chi connectivity index (χ3v) is 2.71. The second-order valence-corrected chi connectivity index (χ2v) is 3.99. The number of hydrogen-bond acceptors (Lipinski definition) is 4. The molecule has 0 spiro atoms. The molecule has 0 aromatic heterocycles. The second kappa shape index (κ2) is 5.55. The average Bonchev–Trinajstić information content (AvgIpc) is 2.36. The molecule has 4 atom stereocenters. The Labute approximate surface area is 98.6 Å². The Bertz CT molecular complexity index is 346. The summed E-state index contributed by atoms with van der Waals surface area (Å²) in [5, 5.41) is 18.4. The van der Waals surface area contributed by atoms with E-state index in [-0.39, 0.29) is 13.2 Å². The van der Waals surface area contributed by atoms with E-state index in [2.05, 4.69) is 0 Å². The molecule has 1 aromatic carbocycles. The summed E-state index contributed by atoms with van der Waals surface area (Å²) >= 11 is 0. The van der Waals surface area contributed by atoms with Gasteiger partial charge in [-0.3, -0.25) is 0 Å². The maximum atomic E-state index is 13.6. The van der Waals surface area contributed by atoms with E-state index in [0.717, 1.165) is 5.56 Å². The Morgan fingerprint density at radius 2 is 2.00 bits per heavy atom. The number of hydrogen-bond donors (Lipinski definition) is 2. The molecule has 2 rings (SSSR count). The minimum absolute atomic E-state index is 0.0633. The van der Waals surface area contributed by atoms with Crippen molar-refractivity contribution in [1.82, 2.24) is 0 Å². The molecular formula is C12H15FO4. The van der Waals surface area contributed by atoms with E-state index >= 15 is 0 Å². The van der Waals surface area contributed by atoms with Crippen LogP contribution in [0.5, 0.6) is 0 Å². The predicted molar refractivity (Wildman–Crippen MR) is 57.9 cm³/mol. The Morgan fingerprint density at radius 3 is 2.71 bits per heavy atom. The molecule has 1 heterocycles. The summed E-state index contributed by atoms with van der Waals surface area (Å²) in [4.78, 5) is 0. The lowest BCUT2D eigenvalue weighted by Crippen LogP contribution is -2.51. The van der Waals surface area contributed by atoms with E-state index in [4.69, 9.17) is 14.6 Å². The molecule has 5 heteroatoms. The van der Waals surface area contributed by atoms with Gasteiger partial charge in [-0.25, -0.2) is 4.39 Å². The van der Waals surface area contributed by atoms with E-state index < -0.39 is 24.7 Å². The highest BCUT2D eigenvalue weighted by Crippen LogP contribution is 2.20. The van der Waals surface area contributed by atoms with E-state index in [1.807, 2.05) is 30.3 Å². The quantitative estimate of drug-likeness (QED) is 0.815. The lowest BCUT2D eigenvalue weighted by Gasteiger charge is -2.33. The molecule has 1 aliphatic heterocycles. The van der Waals surface area contributed by atoms with Crippen LogP contribution in [0, 0.1) is 0 Å². The smallest absolute Gasteiger partial charge is 0.183 e. The van der Waals surface area contributed by atoms with Crippen molar-refractivity contribution in [3.05, 3.63) is 35.9 Å². The van der Waals surface area contributed by atoms with Crippen LogP contribution in [0.2, 0.25) is 0 Å². The van der Waals surface area contributed by atoms with Crippen LogP contribution in [0.25, 0.3) is 0 Å². The second-order valence-electron chi connectivity index (χ2n) is 3.99. The lowest BCUT2D eigenvalue weighted by atomic mass is 10.1. The summed E-state index contributed by atoms with van der Waals surface area (Å²) in [6, 6.07) is 9.33. The fourth-order valence-electron chi connectivity index (χ4n) is 1.68. The van der Waals surface area contributed by atoms with Crippen LogP contribution in [-0.4, -0.2) is 41.5 Å². The van der Waals surface area contributed by atoms with Crippen molar-refractivity contribution in [3.8, 4) is 0 Å². The molecule has 0 radical (unpaired) electrons. The van der Waals surface area contributed by atoms with E-state index in [1.54, 1.807) is 0 Å². The van der Waals surface area contributed by atoms with Crippen molar-refractivity contribution < 1.29 is 24.1 Å². The van der Waals surface area contributed by atoms with Crippen LogP contribution in [0.3, 0.4) is 0 Å². The zero-order chi connectivity index (χ0) is 12.3. The topological polar surface area (TPSA) is 58.9 Å². The molecule has 1 saturated heterocycles. The van der Waals surface area contributed by atoms with Gasteiger partial charge >= 0.3 is 0 Å². The largest absolute Gasteiger partial charge is 0.385 e. The number of aliphatic hydroxyl groups is 2. The van der Waals surface area contributed by atoms with E-state index in [1.165, 1.54) is 0 Å². The molecule has 17 heavy (non-hydrogen) atoms. The molecule has 4 nitrogen and oxygen atoms in total. The molecule has 94 valence electrons. The summed E-state index contributed by atoms with van der Waals surface area (Å²) in [5.41, 5.74) is 0.917. The number of benzene rings is 1. The van der Waals surface area contributed by atoms with Crippen molar-refractivity contribution in [2.45, 2.75) is 31.3 Å². The monoisotopic (exact) mass is 242 g/mol. The van der Waals surface area contributed by atoms with Gasteiger partial charge in [0.1, 0.15) is 12.2 Å². The molecule has 0 amide bonds. The van der Waals surface area contributed by atoms with Crippen LogP contribution >= 0.6 is 0 Å². The van der Waals surface area contributed by atoms with Crippen molar-refractivity contribution in [2.75, 3.05) is 6.61 Å². The van der Waals surface area contributed by atoms with Crippen LogP contribution in [0.4, 0.5) is 4.39 Å². The fourth-order valence-corrected chi connectivity index (χ4v) is 1.68. The van der Waals surface area contributed by atoms with Gasteiger partial charge in [0.15, 0.2) is 12.5 Å². The minimum atomic E-state index is -1.64. The Kier molecular flexibility index (Phi) is 4.06. The first-order valence-corrected chi connectivity index (χ1v) is 5.46. The highest BCUT2D eigenvalue weighted by atomic mass is 19.1. The summed E-state index contributed by atoms with van der Waals surface area (Å²) in [7, 11) is 0. The van der Waals surface area contributed by atoms with Gasteiger partial charge in [0.25, 0.3) is 0 Å². The average molecular weight is 242 g/mol. The number of alkyl halides is 1. The minimum Gasteiger partial charge on any atom is -0.385 e. The maximum Gasteiger partial charge on any atom is 0.183 e. The zero-order valence-electron chi connectivity index (χ0n) is 9.20. The number of rotatable bonds is 3. The third kappa shape index (κ3) is 3.01. The standard InChI is InChI=1S/C12H15FO4/c13-10-9(7-17-12(15)11(10)14)16-6-8-4-2-1-3-5-8/h1-5,9-12,14-15H,6-7H2/t9-,10-,11+,12-/m1/s1. The summed E-state index contributed by atoms with van der Waals surface area (Å²) in [6.45, 7) is 0.185. The normalized spacial score (nSPS) is 33.6. The number of halogens is 1.